The van der Waals surface area contributed by atoms with Crippen LogP contribution in [0.4, 0.5) is 0 Å². The standard InChI is InChI=1S/C13H25N3O/c1-5-15-13(4,10-14)8-11(2)16-6-7-17-12(3)9-16/h11-12,15H,5-9H2,1-4H3. The number of nitriles is 1. The summed E-state index contributed by atoms with van der Waals surface area (Å²) in [6.07, 6.45) is 1.16. The van der Waals surface area contributed by atoms with Crippen LogP contribution in [0.25, 0.3) is 0 Å². The largest absolute Gasteiger partial charge is 0.376 e. The maximum atomic E-state index is 9.26. The van der Waals surface area contributed by atoms with Gasteiger partial charge in [0.25, 0.3) is 0 Å². The molecule has 0 bridgehead atoms. The second-order valence-corrected chi connectivity index (χ2v) is 5.20. The van der Waals surface area contributed by atoms with Gasteiger partial charge in [-0.05, 0) is 33.7 Å². The van der Waals surface area contributed by atoms with Gasteiger partial charge in [-0.3, -0.25) is 10.2 Å². The van der Waals surface area contributed by atoms with Crippen LogP contribution in [0.2, 0.25) is 0 Å². The number of nitrogens with zero attached hydrogens (tertiary/aromatic N) is 2. The number of hydrogen-bond donors (Lipinski definition) is 1. The van der Waals surface area contributed by atoms with Gasteiger partial charge in [0.15, 0.2) is 0 Å². The topological polar surface area (TPSA) is 48.3 Å². The molecule has 17 heavy (non-hydrogen) atoms. The fraction of sp³-hybridized carbons (Fsp3) is 0.923. The van der Waals surface area contributed by atoms with E-state index in [1.807, 2.05) is 13.8 Å². The average Bonchev–Trinajstić information content (AvgIpc) is 2.29. The van der Waals surface area contributed by atoms with E-state index in [4.69, 9.17) is 4.74 Å². The summed E-state index contributed by atoms with van der Waals surface area (Å²) in [7, 11) is 0. The van der Waals surface area contributed by atoms with Crippen molar-refractivity contribution >= 4 is 0 Å². The molecule has 1 saturated heterocycles. The van der Waals surface area contributed by atoms with E-state index in [9.17, 15) is 5.26 Å². The molecule has 0 aliphatic carbocycles. The molecule has 0 amide bonds. The van der Waals surface area contributed by atoms with Gasteiger partial charge in [0.2, 0.25) is 0 Å². The molecule has 0 radical (unpaired) electrons. The van der Waals surface area contributed by atoms with Crippen molar-refractivity contribution in [2.45, 2.75) is 51.8 Å². The predicted molar refractivity (Wildman–Crippen MR) is 68.8 cm³/mol. The van der Waals surface area contributed by atoms with E-state index >= 15 is 0 Å². The van der Waals surface area contributed by atoms with Gasteiger partial charge in [-0.2, -0.15) is 5.26 Å². The van der Waals surface area contributed by atoms with E-state index in [0.29, 0.717) is 12.1 Å². The van der Waals surface area contributed by atoms with Gasteiger partial charge in [-0.1, -0.05) is 6.92 Å². The van der Waals surface area contributed by atoms with Crippen molar-refractivity contribution in [1.29, 1.82) is 5.26 Å². The van der Waals surface area contributed by atoms with Crippen LogP contribution in [0, 0.1) is 11.3 Å². The molecule has 0 saturated carbocycles. The monoisotopic (exact) mass is 239 g/mol. The SMILES string of the molecule is CCNC(C)(C#N)CC(C)N1CCOC(C)C1. The minimum Gasteiger partial charge on any atom is -0.376 e. The summed E-state index contributed by atoms with van der Waals surface area (Å²) in [5.74, 6) is 0. The lowest BCUT2D eigenvalue weighted by molar-refractivity contribution is -0.0346. The third-order valence-corrected chi connectivity index (χ3v) is 3.41. The molecule has 1 aliphatic rings. The number of morpholine rings is 1. The second kappa shape index (κ2) is 6.34. The first-order valence-electron chi connectivity index (χ1n) is 6.52. The molecule has 4 nitrogen and oxygen atoms in total. The molecular formula is C13H25N3O. The Morgan fingerprint density at radius 1 is 1.65 bits per heavy atom. The summed E-state index contributed by atoms with van der Waals surface area (Å²) in [4.78, 5) is 2.42. The molecule has 1 rings (SSSR count). The molecule has 3 unspecified atom stereocenters. The highest BCUT2D eigenvalue weighted by Gasteiger charge is 2.29. The lowest BCUT2D eigenvalue weighted by atomic mass is 9.94. The zero-order valence-electron chi connectivity index (χ0n) is 11.5. The van der Waals surface area contributed by atoms with Crippen LogP contribution in [0.3, 0.4) is 0 Å². The average molecular weight is 239 g/mol. The summed E-state index contributed by atoms with van der Waals surface area (Å²) >= 11 is 0. The molecule has 4 heteroatoms. The van der Waals surface area contributed by atoms with Crippen LogP contribution in [0.15, 0.2) is 0 Å². The molecule has 1 fully saturated rings. The third kappa shape index (κ3) is 4.27. The van der Waals surface area contributed by atoms with Gasteiger partial charge in [-0.15, -0.1) is 0 Å². The van der Waals surface area contributed by atoms with Crippen molar-refractivity contribution < 1.29 is 4.74 Å². The lowest BCUT2D eigenvalue weighted by Crippen LogP contribution is -2.51. The molecule has 98 valence electrons. The molecule has 1 N–H and O–H groups in total. The van der Waals surface area contributed by atoms with Crippen molar-refractivity contribution in [3.63, 3.8) is 0 Å². The Bertz CT molecular complexity index is 276. The Hall–Kier alpha value is -0.630. The van der Waals surface area contributed by atoms with E-state index in [2.05, 4.69) is 30.1 Å². The Morgan fingerprint density at radius 2 is 2.35 bits per heavy atom. The summed E-state index contributed by atoms with van der Waals surface area (Å²) in [5.41, 5.74) is -0.421. The zero-order chi connectivity index (χ0) is 12.9. The lowest BCUT2D eigenvalue weighted by Gasteiger charge is -2.38. The summed E-state index contributed by atoms with van der Waals surface area (Å²) in [6.45, 7) is 11.9. The Balaban J connectivity index is 2.52. The summed E-state index contributed by atoms with van der Waals surface area (Å²) in [5, 5.41) is 12.5. The molecule has 3 atom stereocenters. The van der Waals surface area contributed by atoms with Gasteiger partial charge >= 0.3 is 0 Å². The Kier molecular flexibility index (Phi) is 5.38. The number of nitrogens with one attached hydrogen (secondary N) is 1. The maximum absolute atomic E-state index is 9.26. The predicted octanol–water partition coefficient (Wildman–Crippen LogP) is 1.38. The van der Waals surface area contributed by atoms with Gasteiger partial charge in [0.1, 0.15) is 5.54 Å². The normalized spacial score (nSPS) is 27.1. The van der Waals surface area contributed by atoms with Crippen LogP contribution < -0.4 is 5.32 Å². The van der Waals surface area contributed by atoms with E-state index in [1.165, 1.54) is 0 Å². The van der Waals surface area contributed by atoms with Crippen molar-refractivity contribution in [1.82, 2.24) is 10.2 Å². The fourth-order valence-electron chi connectivity index (χ4n) is 2.51. The molecule has 1 aliphatic heterocycles. The molecule has 1 heterocycles. The molecule has 0 aromatic carbocycles. The van der Waals surface area contributed by atoms with E-state index in [1.54, 1.807) is 0 Å². The summed E-state index contributed by atoms with van der Waals surface area (Å²) in [6, 6.07) is 2.80. The Morgan fingerprint density at radius 3 is 2.88 bits per heavy atom. The van der Waals surface area contributed by atoms with E-state index in [0.717, 1.165) is 32.7 Å². The summed E-state index contributed by atoms with van der Waals surface area (Å²) < 4.78 is 5.54. The minimum atomic E-state index is -0.421. The highest BCUT2D eigenvalue weighted by Crippen LogP contribution is 2.18. The highest BCUT2D eigenvalue weighted by atomic mass is 16.5. The van der Waals surface area contributed by atoms with Crippen LogP contribution in [-0.2, 0) is 4.74 Å². The van der Waals surface area contributed by atoms with Crippen LogP contribution >= 0.6 is 0 Å². The molecule has 0 aromatic rings. The van der Waals surface area contributed by atoms with E-state index in [-0.39, 0.29) is 0 Å². The molecule has 0 aromatic heterocycles. The minimum absolute atomic E-state index is 0.304. The first-order chi connectivity index (χ1) is 8.00. The van der Waals surface area contributed by atoms with Gasteiger partial charge in [0, 0.05) is 19.1 Å². The number of hydrogen-bond acceptors (Lipinski definition) is 4. The van der Waals surface area contributed by atoms with Crippen LogP contribution in [0.5, 0.6) is 0 Å². The van der Waals surface area contributed by atoms with Crippen molar-refractivity contribution in [2.75, 3.05) is 26.2 Å². The third-order valence-electron chi connectivity index (χ3n) is 3.41. The first kappa shape index (κ1) is 14.4. The van der Waals surface area contributed by atoms with Crippen LogP contribution in [-0.4, -0.2) is 48.8 Å². The van der Waals surface area contributed by atoms with Gasteiger partial charge in [-0.25, -0.2) is 0 Å². The quantitative estimate of drug-likeness (QED) is 0.787. The molecule has 0 spiro atoms. The van der Waals surface area contributed by atoms with E-state index < -0.39 is 5.54 Å². The van der Waals surface area contributed by atoms with Gasteiger partial charge in [0.05, 0.1) is 18.8 Å². The molecular weight excluding hydrogens is 214 g/mol. The highest BCUT2D eigenvalue weighted by molar-refractivity contribution is 5.05. The number of rotatable bonds is 5. The fourth-order valence-corrected chi connectivity index (χ4v) is 2.51. The van der Waals surface area contributed by atoms with Crippen molar-refractivity contribution in [2.24, 2.45) is 0 Å². The van der Waals surface area contributed by atoms with Gasteiger partial charge < -0.3 is 4.74 Å². The zero-order valence-corrected chi connectivity index (χ0v) is 11.5. The van der Waals surface area contributed by atoms with Crippen molar-refractivity contribution in [3.8, 4) is 6.07 Å². The maximum Gasteiger partial charge on any atom is 0.105 e. The first-order valence-corrected chi connectivity index (χ1v) is 6.52. The van der Waals surface area contributed by atoms with Crippen LogP contribution in [0.1, 0.15) is 34.1 Å². The smallest absolute Gasteiger partial charge is 0.105 e. The van der Waals surface area contributed by atoms with Crippen molar-refractivity contribution in [3.05, 3.63) is 0 Å². The second-order valence-electron chi connectivity index (χ2n) is 5.20. The Labute approximate surface area is 105 Å². The number of ether oxygens (including phenoxy) is 1.